The van der Waals surface area contributed by atoms with Crippen molar-refractivity contribution >= 4 is 17.5 Å². The van der Waals surface area contributed by atoms with Gasteiger partial charge in [-0.1, -0.05) is 42.5 Å². The molecule has 1 unspecified atom stereocenters. The average molecular weight is 402 g/mol. The van der Waals surface area contributed by atoms with E-state index in [4.69, 9.17) is 0 Å². The van der Waals surface area contributed by atoms with Crippen molar-refractivity contribution in [2.45, 2.75) is 32.4 Å². The van der Waals surface area contributed by atoms with E-state index in [0.717, 1.165) is 16.7 Å². The minimum Gasteiger partial charge on any atom is -0.350 e. The molecule has 2 amide bonds. The highest BCUT2D eigenvalue weighted by Gasteiger charge is 2.47. The zero-order valence-electron chi connectivity index (χ0n) is 17.0. The van der Waals surface area contributed by atoms with Crippen molar-refractivity contribution in [3.63, 3.8) is 0 Å². The molecule has 5 heteroatoms. The highest BCUT2D eigenvalue weighted by atomic mass is 19.1. The zero-order valence-corrected chi connectivity index (χ0v) is 17.0. The number of aryl methyl sites for hydroxylation is 1. The summed E-state index contributed by atoms with van der Waals surface area (Å²) >= 11 is 0. The SMILES string of the molecule is Cc1ccccc1CNC(=O)C1(C)Cc2ccccc2C(=O)N1c1ccc(F)cc1. The van der Waals surface area contributed by atoms with Gasteiger partial charge in [-0.2, -0.15) is 0 Å². The van der Waals surface area contributed by atoms with Gasteiger partial charge in [0.2, 0.25) is 5.91 Å². The number of fused-ring (bicyclic) bond motifs is 1. The lowest BCUT2D eigenvalue weighted by molar-refractivity contribution is -0.126. The van der Waals surface area contributed by atoms with Crippen LogP contribution in [0, 0.1) is 12.7 Å². The second kappa shape index (κ2) is 7.75. The molecule has 1 heterocycles. The molecule has 4 nitrogen and oxygen atoms in total. The molecule has 0 bridgehead atoms. The maximum Gasteiger partial charge on any atom is 0.259 e. The fourth-order valence-corrected chi connectivity index (χ4v) is 4.03. The monoisotopic (exact) mass is 402 g/mol. The molecule has 30 heavy (non-hydrogen) atoms. The van der Waals surface area contributed by atoms with E-state index >= 15 is 0 Å². The smallest absolute Gasteiger partial charge is 0.259 e. The number of nitrogens with one attached hydrogen (secondary N) is 1. The molecule has 4 rings (SSSR count). The van der Waals surface area contributed by atoms with Crippen LogP contribution >= 0.6 is 0 Å². The molecular weight excluding hydrogens is 379 g/mol. The Labute approximate surface area is 175 Å². The summed E-state index contributed by atoms with van der Waals surface area (Å²) in [5.74, 6) is -0.913. The van der Waals surface area contributed by atoms with Crippen LogP contribution in [0.15, 0.2) is 72.8 Å². The third kappa shape index (κ3) is 3.47. The minimum absolute atomic E-state index is 0.252. The number of halogens is 1. The Kier molecular flexibility index (Phi) is 5.12. The molecule has 3 aromatic rings. The average Bonchev–Trinajstić information content (AvgIpc) is 2.74. The summed E-state index contributed by atoms with van der Waals surface area (Å²) in [5, 5.41) is 3.01. The fourth-order valence-electron chi connectivity index (χ4n) is 4.03. The molecule has 0 fully saturated rings. The van der Waals surface area contributed by atoms with Crippen LogP contribution in [-0.4, -0.2) is 17.4 Å². The van der Waals surface area contributed by atoms with Gasteiger partial charge in [-0.3, -0.25) is 14.5 Å². The standard InChI is InChI=1S/C25H23FN2O2/c1-17-7-3-4-9-19(17)16-27-24(30)25(2)15-18-8-5-6-10-22(18)23(29)28(25)21-13-11-20(26)12-14-21/h3-14H,15-16H2,1-2H3,(H,27,30). The number of hydrogen-bond acceptors (Lipinski definition) is 2. The largest absolute Gasteiger partial charge is 0.350 e. The molecule has 1 N–H and O–H groups in total. The van der Waals surface area contributed by atoms with E-state index in [-0.39, 0.29) is 11.8 Å². The molecular formula is C25H23FN2O2. The molecule has 152 valence electrons. The van der Waals surface area contributed by atoms with Gasteiger partial charge in [0.25, 0.3) is 5.91 Å². The Morgan fingerprint density at radius 1 is 1.03 bits per heavy atom. The molecule has 0 spiro atoms. The van der Waals surface area contributed by atoms with Crippen molar-refractivity contribution in [1.29, 1.82) is 0 Å². The molecule has 0 saturated carbocycles. The molecule has 0 saturated heterocycles. The van der Waals surface area contributed by atoms with Gasteiger partial charge in [-0.05, 0) is 60.9 Å². The Balaban J connectivity index is 1.71. The molecule has 1 aliphatic heterocycles. The lowest BCUT2D eigenvalue weighted by Crippen LogP contribution is -2.63. The van der Waals surface area contributed by atoms with E-state index in [0.29, 0.717) is 24.2 Å². The first-order valence-corrected chi connectivity index (χ1v) is 9.91. The second-order valence-electron chi connectivity index (χ2n) is 7.83. The van der Waals surface area contributed by atoms with E-state index in [9.17, 15) is 14.0 Å². The molecule has 1 atom stereocenters. The topological polar surface area (TPSA) is 49.4 Å². The van der Waals surface area contributed by atoms with Crippen LogP contribution in [0.4, 0.5) is 10.1 Å². The van der Waals surface area contributed by atoms with Gasteiger partial charge in [-0.15, -0.1) is 0 Å². The van der Waals surface area contributed by atoms with Gasteiger partial charge >= 0.3 is 0 Å². The summed E-state index contributed by atoms with van der Waals surface area (Å²) < 4.78 is 13.5. The van der Waals surface area contributed by atoms with Crippen LogP contribution in [-0.2, 0) is 17.8 Å². The number of anilines is 1. The number of amides is 2. The van der Waals surface area contributed by atoms with E-state index < -0.39 is 11.4 Å². The van der Waals surface area contributed by atoms with Crippen molar-refractivity contribution in [2.24, 2.45) is 0 Å². The summed E-state index contributed by atoms with van der Waals surface area (Å²) in [5.41, 5.74) is 2.84. The lowest BCUT2D eigenvalue weighted by Gasteiger charge is -2.44. The van der Waals surface area contributed by atoms with Crippen LogP contribution in [0.3, 0.4) is 0 Å². The van der Waals surface area contributed by atoms with Crippen molar-refractivity contribution in [3.05, 3.63) is 101 Å². The van der Waals surface area contributed by atoms with E-state index in [1.54, 1.807) is 19.1 Å². The Bertz CT molecular complexity index is 1110. The molecule has 0 radical (unpaired) electrons. The zero-order chi connectivity index (χ0) is 21.3. The number of carbonyl (C=O) groups is 2. The number of rotatable bonds is 4. The minimum atomic E-state index is -1.15. The fraction of sp³-hybridized carbons (Fsp3) is 0.200. The lowest BCUT2D eigenvalue weighted by atomic mass is 9.82. The summed E-state index contributed by atoms with van der Waals surface area (Å²) in [4.78, 5) is 28.3. The van der Waals surface area contributed by atoms with Gasteiger partial charge < -0.3 is 5.32 Å². The van der Waals surface area contributed by atoms with Crippen molar-refractivity contribution < 1.29 is 14.0 Å². The van der Waals surface area contributed by atoms with E-state index in [2.05, 4.69) is 5.32 Å². The maximum atomic E-state index is 13.5. The summed E-state index contributed by atoms with van der Waals surface area (Å²) in [6.07, 6.45) is 0.367. The number of nitrogens with zero attached hydrogens (tertiary/aromatic N) is 1. The third-order valence-electron chi connectivity index (χ3n) is 5.75. The second-order valence-corrected chi connectivity index (χ2v) is 7.83. The first-order valence-electron chi connectivity index (χ1n) is 9.91. The van der Waals surface area contributed by atoms with Crippen molar-refractivity contribution in [1.82, 2.24) is 5.32 Å². The van der Waals surface area contributed by atoms with Gasteiger partial charge in [0.05, 0.1) is 0 Å². The predicted octanol–water partition coefficient (Wildman–Crippen LogP) is 4.41. The van der Waals surface area contributed by atoms with Crippen LogP contribution in [0.2, 0.25) is 0 Å². The van der Waals surface area contributed by atoms with Crippen LogP contribution in [0.1, 0.15) is 34.0 Å². The normalized spacial score (nSPS) is 18.1. The molecule has 0 aromatic heterocycles. The van der Waals surface area contributed by atoms with Gasteiger partial charge in [0.1, 0.15) is 11.4 Å². The molecule has 3 aromatic carbocycles. The summed E-state index contributed by atoms with van der Waals surface area (Å²) in [6, 6.07) is 20.8. The van der Waals surface area contributed by atoms with E-state index in [1.807, 2.05) is 43.3 Å². The number of benzene rings is 3. The first kappa shape index (κ1) is 19.8. The maximum absolute atomic E-state index is 13.5. The van der Waals surface area contributed by atoms with Gasteiger partial charge in [0, 0.05) is 24.2 Å². The number of carbonyl (C=O) groups excluding carboxylic acids is 2. The highest BCUT2D eigenvalue weighted by Crippen LogP contribution is 2.35. The predicted molar refractivity (Wildman–Crippen MR) is 115 cm³/mol. The van der Waals surface area contributed by atoms with Crippen molar-refractivity contribution in [2.75, 3.05) is 4.90 Å². The quantitative estimate of drug-likeness (QED) is 0.703. The summed E-state index contributed by atoms with van der Waals surface area (Å²) in [7, 11) is 0. The highest BCUT2D eigenvalue weighted by molar-refractivity contribution is 6.14. The van der Waals surface area contributed by atoms with Gasteiger partial charge in [-0.25, -0.2) is 4.39 Å². The van der Waals surface area contributed by atoms with Crippen LogP contribution in [0.5, 0.6) is 0 Å². The van der Waals surface area contributed by atoms with Crippen molar-refractivity contribution in [3.8, 4) is 0 Å². The molecule has 1 aliphatic rings. The van der Waals surface area contributed by atoms with Gasteiger partial charge in [0.15, 0.2) is 0 Å². The van der Waals surface area contributed by atoms with Crippen LogP contribution < -0.4 is 10.2 Å². The Hall–Kier alpha value is -3.47. The van der Waals surface area contributed by atoms with E-state index in [1.165, 1.54) is 29.2 Å². The third-order valence-corrected chi connectivity index (χ3v) is 5.75. The van der Waals surface area contributed by atoms with Crippen LogP contribution in [0.25, 0.3) is 0 Å². The first-order chi connectivity index (χ1) is 14.4. The Morgan fingerprint density at radius 3 is 2.43 bits per heavy atom. The Morgan fingerprint density at radius 2 is 1.70 bits per heavy atom. The molecule has 0 aliphatic carbocycles. The number of hydrogen-bond donors (Lipinski definition) is 1. The summed E-state index contributed by atoms with van der Waals surface area (Å²) in [6.45, 7) is 4.12.